The number of hydrogen-bond donors (Lipinski definition) is 2. The molecule has 0 radical (unpaired) electrons. The van der Waals surface area contributed by atoms with Crippen LogP contribution in [0.1, 0.15) is 6.42 Å². The molecule has 0 aromatic carbocycles. The lowest BCUT2D eigenvalue weighted by Gasteiger charge is -1.94. The van der Waals surface area contributed by atoms with Gasteiger partial charge >= 0.3 is 5.97 Å². The van der Waals surface area contributed by atoms with Gasteiger partial charge in [0.25, 0.3) is 0 Å². The van der Waals surface area contributed by atoms with Gasteiger partial charge in [-0.25, -0.2) is 0 Å². The first-order valence-electron chi connectivity index (χ1n) is 2.55. The molecule has 0 aliphatic heterocycles. The Morgan fingerprint density at radius 1 is 2.12 bits per heavy atom. The maximum absolute atomic E-state index is 9.85. The molecule has 0 rings (SSSR count). The Bertz CT molecular complexity index is 116. The van der Waals surface area contributed by atoms with Crippen molar-refractivity contribution in [3.63, 3.8) is 0 Å². The molecule has 0 saturated carbocycles. The lowest BCUT2D eigenvalue weighted by atomic mass is 10.2. The first kappa shape index (κ1) is 5.24. The van der Waals surface area contributed by atoms with E-state index in [9.17, 15) is 9.59 Å². The molecule has 0 fully saturated rings. The van der Waals surface area contributed by atoms with Gasteiger partial charge in [-0.1, -0.05) is 0 Å². The van der Waals surface area contributed by atoms with Crippen LogP contribution < -0.4 is 5.73 Å². The molecule has 0 aliphatic rings. The number of carboxylic acids is 1. The van der Waals surface area contributed by atoms with Crippen molar-refractivity contribution in [2.45, 2.75) is 12.5 Å². The Morgan fingerprint density at radius 3 is 2.88 bits per heavy atom. The second kappa shape index (κ2) is 3.15. The van der Waals surface area contributed by atoms with Crippen LogP contribution in [0.25, 0.3) is 0 Å². The third kappa shape index (κ3) is 3.30. The minimum atomic E-state index is -1.09. The van der Waals surface area contributed by atoms with Gasteiger partial charge in [0, 0.05) is 0 Å². The van der Waals surface area contributed by atoms with E-state index in [2.05, 4.69) is 0 Å². The van der Waals surface area contributed by atoms with E-state index in [4.69, 9.17) is 6.52 Å². The zero-order valence-corrected chi connectivity index (χ0v) is 4.13. The monoisotopic (exact) mass is 118 g/mol. The summed E-state index contributed by atoms with van der Waals surface area (Å²) < 4.78 is 6.41. The van der Waals surface area contributed by atoms with Crippen LogP contribution in [0.2, 0.25) is 1.41 Å². The molecule has 0 aliphatic carbocycles. The molecule has 8 heavy (non-hydrogen) atoms. The summed E-state index contributed by atoms with van der Waals surface area (Å²) in [5.74, 6) is -1.09. The van der Waals surface area contributed by atoms with Gasteiger partial charge in [-0.05, 0) is 0 Å². The van der Waals surface area contributed by atoms with E-state index in [-0.39, 0.29) is 6.42 Å². The van der Waals surface area contributed by atoms with Crippen LogP contribution in [0.4, 0.5) is 0 Å². The van der Waals surface area contributed by atoms with Gasteiger partial charge in [0.15, 0.2) is 0 Å². The van der Waals surface area contributed by atoms with E-state index < -0.39 is 12.0 Å². The number of aldehydes is 1. The van der Waals surface area contributed by atoms with Crippen LogP contribution >= 0.6 is 0 Å². The Hall–Kier alpha value is -0.900. The van der Waals surface area contributed by atoms with E-state index in [1.165, 1.54) is 0 Å². The standard InChI is InChI=1S/C4H7NO3/c5-3(2-6)1-4(7)8/h2-3H,1,5H2,(H,7,8)/t3-/m0/s1/i/hD. The molecule has 0 unspecified atom stereocenters. The van der Waals surface area contributed by atoms with E-state index >= 15 is 0 Å². The number of nitrogens with two attached hydrogens (primary N) is 1. The number of carbonyl (C=O) groups is 2. The molecule has 0 aromatic heterocycles. The smallest absolute Gasteiger partial charge is 0.305 e. The quantitative estimate of drug-likeness (QED) is 0.463. The molecule has 4 heteroatoms. The molecule has 0 bridgehead atoms. The summed E-state index contributed by atoms with van der Waals surface area (Å²) in [5, 5.41) is 8.06. The molecule has 4 nitrogen and oxygen atoms in total. The summed E-state index contributed by atoms with van der Waals surface area (Å²) in [7, 11) is 0. The zero-order chi connectivity index (χ0) is 7.28. The normalized spacial score (nSPS) is 14.2. The topological polar surface area (TPSA) is 80.4 Å². The maximum atomic E-state index is 9.85. The van der Waals surface area contributed by atoms with Crippen molar-refractivity contribution in [1.29, 1.82) is 0 Å². The number of carboxylic acid groups (broad SMARTS) is 1. The van der Waals surface area contributed by atoms with Crippen LogP contribution in [0.15, 0.2) is 0 Å². The summed E-state index contributed by atoms with van der Waals surface area (Å²) in [6.45, 7) is 0. The summed E-state index contributed by atoms with van der Waals surface area (Å²) in [6, 6.07) is -0.887. The molecule has 0 spiro atoms. The van der Waals surface area contributed by atoms with Gasteiger partial charge in [-0.15, -0.1) is 0 Å². The largest absolute Gasteiger partial charge is 0.481 e. The third-order valence-corrected chi connectivity index (χ3v) is 0.559. The molecule has 1 atom stereocenters. The van der Waals surface area contributed by atoms with E-state index in [0.29, 0.717) is 6.29 Å². The van der Waals surface area contributed by atoms with Crippen molar-refractivity contribution in [2.75, 3.05) is 0 Å². The Morgan fingerprint density at radius 2 is 2.75 bits per heavy atom. The molecule has 0 amide bonds. The molecule has 0 saturated heterocycles. The summed E-state index contributed by atoms with van der Waals surface area (Å²) in [4.78, 5) is 19.7. The van der Waals surface area contributed by atoms with E-state index in [1.54, 1.807) is 5.73 Å². The van der Waals surface area contributed by atoms with Crippen LogP contribution in [0.5, 0.6) is 0 Å². The van der Waals surface area contributed by atoms with E-state index in [1.807, 2.05) is 0 Å². The predicted molar refractivity (Wildman–Crippen MR) is 26.3 cm³/mol. The Kier molecular flexibility index (Phi) is 2.06. The fraction of sp³-hybridized carbons (Fsp3) is 0.500. The number of rotatable bonds is 4. The average Bonchev–Trinajstić information content (AvgIpc) is 1.82. The average molecular weight is 118 g/mol. The molecule has 0 aromatic rings. The van der Waals surface area contributed by atoms with Crippen LogP contribution in [-0.4, -0.2) is 23.4 Å². The minimum absolute atomic E-state index is 0.340. The maximum Gasteiger partial charge on any atom is 0.305 e. The molecule has 3 N–H and O–H groups in total. The molecule has 46 valence electrons. The van der Waals surface area contributed by atoms with Crippen LogP contribution in [0.3, 0.4) is 0 Å². The molecular formula is C4H7NO3. The van der Waals surface area contributed by atoms with Crippen molar-refractivity contribution in [2.24, 2.45) is 5.73 Å². The van der Waals surface area contributed by atoms with Gasteiger partial charge < -0.3 is 15.6 Å². The number of carbonyl (C=O) groups excluding carboxylic acids is 1. The van der Waals surface area contributed by atoms with Crippen molar-refractivity contribution >= 4 is 12.3 Å². The fourth-order valence-electron chi connectivity index (χ4n) is 0.236. The lowest BCUT2D eigenvalue weighted by molar-refractivity contribution is -0.138. The Balaban J connectivity index is 3.55. The van der Waals surface area contributed by atoms with Gasteiger partial charge in [-0.3, -0.25) is 4.79 Å². The summed E-state index contributed by atoms with van der Waals surface area (Å²) >= 11 is 0. The summed E-state index contributed by atoms with van der Waals surface area (Å²) in [6.07, 6.45) is 0.0497. The second-order valence-electron chi connectivity index (χ2n) is 1.34. The van der Waals surface area contributed by atoms with Crippen molar-refractivity contribution in [3.05, 3.63) is 0 Å². The van der Waals surface area contributed by atoms with Crippen molar-refractivity contribution in [1.82, 2.24) is 0 Å². The fourth-order valence-corrected chi connectivity index (χ4v) is 0.236. The molecular weight excluding hydrogens is 110 g/mol. The molecule has 0 heterocycles. The van der Waals surface area contributed by atoms with Gasteiger partial charge in [0.05, 0.1) is 12.5 Å². The van der Waals surface area contributed by atoms with Crippen molar-refractivity contribution in [3.8, 4) is 0 Å². The minimum Gasteiger partial charge on any atom is -0.481 e. The highest BCUT2D eigenvalue weighted by atomic mass is 16.4. The van der Waals surface area contributed by atoms with Gasteiger partial charge in [-0.2, -0.15) is 0 Å². The lowest BCUT2D eigenvalue weighted by Crippen LogP contribution is -2.24. The van der Waals surface area contributed by atoms with Crippen LogP contribution in [-0.2, 0) is 9.59 Å². The first-order valence-corrected chi connectivity index (χ1v) is 2.05. The predicted octanol–water partition coefficient (Wildman–Crippen LogP) is -1.01. The van der Waals surface area contributed by atoms with Gasteiger partial charge in [0.2, 0.25) is 0 Å². The highest BCUT2D eigenvalue weighted by Gasteiger charge is 2.03. The number of hydrogen-bond acceptors (Lipinski definition) is 3. The SMILES string of the molecule is [2H]N[C@H](C=O)CC(=O)O. The number of aliphatic carboxylic acids is 1. The van der Waals surface area contributed by atoms with Crippen LogP contribution in [0, 0.1) is 0 Å². The Labute approximate surface area is 47.8 Å². The second-order valence-corrected chi connectivity index (χ2v) is 1.34. The first-order chi connectivity index (χ1) is 4.20. The van der Waals surface area contributed by atoms with E-state index in [0.717, 1.165) is 0 Å². The van der Waals surface area contributed by atoms with Crippen molar-refractivity contribution < 1.29 is 16.1 Å². The third-order valence-electron chi connectivity index (χ3n) is 0.559. The highest BCUT2D eigenvalue weighted by Crippen LogP contribution is 1.80. The highest BCUT2D eigenvalue weighted by molar-refractivity contribution is 5.73. The zero-order valence-electron chi connectivity index (χ0n) is 5.13. The van der Waals surface area contributed by atoms with Gasteiger partial charge in [0.1, 0.15) is 7.70 Å². The summed E-state index contributed by atoms with van der Waals surface area (Å²) in [5.41, 5.74) is 1.78.